The molecule has 1 unspecified atom stereocenters. The number of hydrazone groups is 1. The Bertz CT molecular complexity index is 155. The smallest absolute Gasteiger partial charge is 0.209 e. The van der Waals surface area contributed by atoms with Crippen LogP contribution in [-0.2, 0) is 11.1 Å². The molecule has 0 aromatic rings. The number of rotatable bonds is 2. The lowest BCUT2D eigenvalue weighted by Gasteiger charge is -1.90. The number of nitrogens with one attached hydrogen (secondary N) is 2. The highest BCUT2D eigenvalue weighted by Crippen LogP contribution is 1.76. The van der Waals surface area contributed by atoms with Crippen LogP contribution in [-0.4, -0.2) is 27.1 Å². The summed E-state index contributed by atoms with van der Waals surface area (Å²) in [7, 11) is 1.48. The van der Waals surface area contributed by atoms with E-state index in [0.717, 1.165) is 0 Å². The molecule has 0 aliphatic carbocycles. The predicted octanol–water partition coefficient (Wildman–Crippen LogP) is -0.609. The molecule has 0 saturated carbocycles. The van der Waals surface area contributed by atoms with Gasteiger partial charge < -0.3 is 15.4 Å². The van der Waals surface area contributed by atoms with Crippen molar-refractivity contribution in [3.05, 3.63) is 0 Å². The highest BCUT2D eigenvalue weighted by atomic mass is 32.2. The third-order valence-corrected chi connectivity index (χ3v) is 1.09. The number of nitrogens with zero attached hydrogens (tertiary/aromatic N) is 1. The summed E-state index contributed by atoms with van der Waals surface area (Å²) in [6.45, 7) is 0. The fourth-order valence-corrected chi connectivity index (χ4v) is 0.502. The van der Waals surface area contributed by atoms with Crippen molar-refractivity contribution in [2.45, 2.75) is 0 Å². The Morgan fingerprint density at radius 1 is 2.00 bits per heavy atom. The molecule has 5 nitrogen and oxygen atoms in total. The van der Waals surface area contributed by atoms with Crippen molar-refractivity contribution in [3.8, 4) is 0 Å². The van der Waals surface area contributed by atoms with Crippen LogP contribution < -0.4 is 5.43 Å². The molecule has 0 heterocycles. The first kappa shape index (κ1) is 8.25. The van der Waals surface area contributed by atoms with Gasteiger partial charge in [0.25, 0.3) is 0 Å². The van der Waals surface area contributed by atoms with Crippen LogP contribution >= 0.6 is 0 Å². The van der Waals surface area contributed by atoms with Crippen molar-refractivity contribution in [2.75, 3.05) is 7.05 Å². The summed E-state index contributed by atoms with van der Waals surface area (Å²) in [4.78, 5) is 0. The molecule has 0 aliphatic rings. The van der Waals surface area contributed by atoms with Gasteiger partial charge in [0.1, 0.15) is 0 Å². The van der Waals surface area contributed by atoms with Gasteiger partial charge in [0.2, 0.25) is 11.1 Å². The second-order valence-corrected chi connectivity index (χ2v) is 1.98. The Morgan fingerprint density at radius 2 is 2.56 bits per heavy atom. The van der Waals surface area contributed by atoms with Crippen molar-refractivity contribution >= 4 is 22.3 Å². The van der Waals surface area contributed by atoms with E-state index >= 15 is 0 Å². The topological polar surface area (TPSA) is 85.5 Å². The van der Waals surface area contributed by atoms with E-state index in [1.54, 1.807) is 0 Å². The Morgan fingerprint density at radius 3 is 2.67 bits per heavy atom. The molecule has 0 saturated heterocycles. The van der Waals surface area contributed by atoms with E-state index in [1.165, 1.54) is 7.05 Å². The SMILES string of the molecule is CN/N=C(\C=N)S(=O)O. The molecule has 0 spiro atoms. The lowest BCUT2D eigenvalue weighted by molar-refractivity contribution is 0.577. The van der Waals surface area contributed by atoms with Crippen LogP contribution in [0.2, 0.25) is 0 Å². The van der Waals surface area contributed by atoms with Crippen LogP contribution in [0.3, 0.4) is 0 Å². The highest BCUT2D eigenvalue weighted by molar-refractivity contribution is 7.97. The van der Waals surface area contributed by atoms with Crippen LogP contribution in [0.1, 0.15) is 0 Å². The first-order valence-electron chi connectivity index (χ1n) is 2.08. The summed E-state index contributed by atoms with van der Waals surface area (Å²) in [6, 6.07) is 0. The third-order valence-electron chi connectivity index (χ3n) is 0.524. The van der Waals surface area contributed by atoms with E-state index in [-0.39, 0.29) is 5.04 Å². The molecule has 0 aliphatic heterocycles. The summed E-state index contributed by atoms with van der Waals surface area (Å²) in [5, 5.41) is 9.66. The monoisotopic (exact) mass is 149 g/mol. The van der Waals surface area contributed by atoms with Crippen molar-refractivity contribution in [1.82, 2.24) is 5.43 Å². The first-order valence-corrected chi connectivity index (χ1v) is 3.18. The Hall–Kier alpha value is -0.750. The zero-order valence-corrected chi connectivity index (χ0v) is 5.60. The Balaban J connectivity index is 4.14. The average molecular weight is 149 g/mol. The number of hydrogen-bond acceptors (Lipinski definition) is 4. The molecule has 0 radical (unpaired) electrons. The van der Waals surface area contributed by atoms with Crippen LogP contribution in [0.15, 0.2) is 5.10 Å². The Kier molecular flexibility index (Phi) is 3.81. The molecule has 3 N–H and O–H groups in total. The quantitative estimate of drug-likeness (QED) is 0.212. The molecule has 6 heteroatoms. The minimum Gasteiger partial charge on any atom is -0.312 e. The minimum absolute atomic E-state index is 0.197. The fourth-order valence-electron chi connectivity index (χ4n) is 0.232. The third kappa shape index (κ3) is 2.94. The van der Waals surface area contributed by atoms with Gasteiger partial charge in [-0.15, -0.1) is 0 Å². The fraction of sp³-hybridized carbons (Fsp3) is 0.333. The van der Waals surface area contributed by atoms with Gasteiger partial charge in [0, 0.05) is 7.05 Å². The molecule has 52 valence electrons. The summed E-state index contributed by atoms with van der Waals surface area (Å²) >= 11 is -2.16. The largest absolute Gasteiger partial charge is 0.312 e. The second-order valence-electron chi connectivity index (χ2n) is 1.07. The molecule has 9 heavy (non-hydrogen) atoms. The summed E-state index contributed by atoms with van der Waals surface area (Å²) in [6.07, 6.45) is 0.715. The second kappa shape index (κ2) is 4.16. The Labute approximate surface area is 54.9 Å². The van der Waals surface area contributed by atoms with E-state index in [4.69, 9.17) is 9.96 Å². The molecular weight excluding hydrogens is 142 g/mol. The van der Waals surface area contributed by atoms with Gasteiger partial charge in [0.15, 0.2) is 5.04 Å². The zero-order chi connectivity index (χ0) is 7.28. The van der Waals surface area contributed by atoms with Gasteiger partial charge in [-0.1, -0.05) is 0 Å². The van der Waals surface area contributed by atoms with Crippen molar-refractivity contribution < 1.29 is 8.76 Å². The van der Waals surface area contributed by atoms with E-state index in [2.05, 4.69) is 10.5 Å². The maximum absolute atomic E-state index is 10.1. The van der Waals surface area contributed by atoms with Crippen LogP contribution in [0.4, 0.5) is 0 Å². The van der Waals surface area contributed by atoms with Crippen LogP contribution in [0, 0.1) is 5.41 Å². The van der Waals surface area contributed by atoms with Crippen LogP contribution in [0.25, 0.3) is 0 Å². The summed E-state index contributed by atoms with van der Waals surface area (Å²) < 4.78 is 18.4. The maximum atomic E-state index is 10.1. The van der Waals surface area contributed by atoms with Crippen molar-refractivity contribution in [2.24, 2.45) is 5.10 Å². The number of hydrogen-bond donors (Lipinski definition) is 3. The van der Waals surface area contributed by atoms with Gasteiger partial charge in [-0.3, -0.25) is 0 Å². The van der Waals surface area contributed by atoms with Crippen molar-refractivity contribution in [3.63, 3.8) is 0 Å². The molecule has 0 fully saturated rings. The van der Waals surface area contributed by atoms with Gasteiger partial charge in [0.05, 0.1) is 6.21 Å². The molecule has 0 amide bonds. The molecular formula is C3H7N3O2S. The summed E-state index contributed by atoms with van der Waals surface area (Å²) in [5.74, 6) is 0. The van der Waals surface area contributed by atoms with Gasteiger partial charge in [-0.05, 0) is 0 Å². The predicted molar refractivity (Wildman–Crippen MR) is 36.0 cm³/mol. The first-order chi connectivity index (χ1) is 4.22. The van der Waals surface area contributed by atoms with E-state index in [1.807, 2.05) is 0 Å². The van der Waals surface area contributed by atoms with Crippen molar-refractivity contribution in [1.29, 1.82) is 5.41 Å². The van der Waals surface area contributed by atoms with Gasteiger partial charge >= 0.3 is 0 Å². The van der Waals surface area contributed by atoms with Gasteiger partial charge in [-0.2, -0.15) is 5.10 Å². The standard InChI is InChI=1S/C3H7N3O2S/c1-5-6-3(2-4)9(7)8/h2,4-5H,1H3,(H,7,8)/b4-2?,6-3+. The van der Waals surface area contributed by atoms with Gasteiger partial charge in [-0.25, -0.2) is 4.21 Å². The zero-order valence-electron chi connectivity index (χ0n) is 4.79. The molecule has 0 bridgehead atoms. The van der Waals surface area contributed by atoms with E-state index in [0.29, 0.717) is 6.21 Å². The maximum Gasteiger partial charge on any atom is 0.209 e. The molecule has 0 aromatic carbocycles. The highest BCUT2D eigenvalue weighted by Gasteiger charge is 1.99. The molecule has 1 atom stereocenters. The van der Waals surface area contributed by atoms with E-state index in [9.17, 15) is 4.21 Å². The normalized spacial score (nSPS) is 14.7. The molecule has 0 aromatic heterocycles. The lowest BCUT2D eigenvalue weighted by Crippen LogP contribution is -2.11. The molecule has 0 rings (SSSR count). The lowest BCUT2D eigenvalue weighted by atomic mass is 10.8. The summed E-state index contributed by atoms with van der Waals surface area (Å²) in [5.41, 5.74) is 2.28. The minimum atomic E-state index is -2.16. The average Bonchev–Trinajstić information content (AvgIpc) is 1.82. The van der Waals surface area contributed by atoms with Crippen LogP contribution in [0.5, 0.6) is 0 Å². The van der Waals surface area contributed by atoms with E-state index < -0.39 is 11.1 Å².